The quantitative estimate of drug-likeness (QED) is 0.568. The molecule has 0 radical (unpaired) electrons. The van der Waals surface area contributed by atoms with Crippen molar-refractivity contribution in [2.24, 2.45) is 0 Å². The van der Waals surface area contributed by atoms with Crippen molar-refractivity contribution in [3.8, 4) is 0 Å². The molecule has 0 spiro atoms. The van der Waals surface area contributed by atoms with Crippen LogP contribution in [0.15, 0.2) is 24.3 Å². The van der Waals surface area contributed by atoms with Crippen molar-refractivity contribution in [2.45, 2.75) is 6.92 Å². The van der Waals surface area contributed by atoms with Crippen LogP contribution in [0, 0.1) is 6.92 Å². The van der Waals surface area contributed by atoms with Crippen LogP contribution in [0.2, 0.25) is 0 Å². The molecule has 0 saturated carbocycles. The van der Waals surface area contributed by atoms with Crippen LogP contribution in [-0.4, -0.2) is 36.8 Å². The fraction of sp³-hybridized carbons (Fsp3) is 0.300. The average molecular weight is 404 g/mol. The van der Waals surface area contributed by atoms with Gasteiger partial charge in [0.15, 0.2) is 0 Å². The third-order valence-electron chi connectivity index (χ3n) is 2.12. The Hall–Kier alpha value is -0.0979. The minimum atomic E-state index is -2.64. The molecule has 1 aromatic rings. The van der Waals surface area contributed by atoms with Gasteiger partial charge in [-0.05, 0) is 0 Å². The van der Waals surface area contributed by atoms with Crippen molar-refractivity contribution in [3.63, 3.8) is 0 Å². The van der Waals surface area contributed by atoms with Gasteiger partial charge in [0, 0.05) is 0 Å². The molecule has 0 aliphatic carbocycles. The zero-order chi connectivity index (χ0) is 10.6. The summed E-state index contributed by atoms with van der Waals surface area (Å²) >= 11 is 3.18. The second-order valence-corrected chi connectivity index (χ2v) is 15.8. The Balaban J connectivity index is 2.89. The summed E-state index contributed by atoms with van der Waals surface area (Å²) in [5.74, 6) is 0. The molecular weight excluding hydrogens is 392 g/mol. The van der Waals surface area contributed by atoms with E-state index in [0.29, 0.717) is 3.44 Å². The number of rotatable bonds is 3. The number of halogens is 1. The van der Waals surface area contributed by atoms with Crippen LogP contribution < -0.4 is 3.12 Å². The summed E-state index contributed by atoms with van der Waals surface area (Å²) in [5.41, 5.74) is 1.19. The first-order chi connectivity index (χ1) is 6.69. The molecule has 0 saturated heterocycles. The Morgan fingerprint density at radius 3 is 2.43 bits per heavy atom. The number of hydrogen-bond donors (Lipinski definition) is 0. The zero-order valence-corrected chi connectivity index (χ0v) is 13.5. The van der Waals surface area contributed by atoms with Crippen LogP contribution in [0.5, 0.6) is 0 Å². The molecule has 74 valence electrons. The van der Waals surface area contributed by atoms with Crippen molar-refractivity contribution in [2.75, 3.05) is 10.5 Å². The van der Waals surface area contributed by atoms with Crippen LogP contribution in [0.3, 0.4) is 0 Å². The van der Waals surface area contributed by atoms with Crippen molar-refractivity contribution in [1.82, 2.24) is 0 Å². The molecule has 2 nitrogen and oxygen atoms in total. The van der Waals surface area contributed by atoms with Gasteiger partial charge in [0.25, 0.3) is 0 Å². The number of ether oxygens (including phenoxy) is 1. The summed E-state index contributed by atoms with van der Waals surface area (Å²) in [6, 6.07) is 8.03. The summed E-state index contributed by atoms with van der Waals surface area (Å²) in [7, 11) is 1.43. The van der Waals surface area contributed by atoms with Crippen molar-refractivity contribution in [1.29, 1.82) is 0 Å². The first-order valence-corrected chi connectivity index (χ1v) is 12.6. The molecule has 1 rings (SSSR count). The molecular formula is C10H12ClO2Tl. The van der Waals surface area contributed by atoms with Crippen LogP contribution >= 0.6 is 11.6 Å². The predicted molar refractivity (Wildman–Crippen MR) is 59.7 cm³/mol. The van der Waals surface area contributed by atoms with Gasteiger partial charge in [-0.25, -0.2) is 0 Å². The third-order valence-corrected chi connectivity index (χ3v) is 13.8. The van der Waals surface area contributed by atoms with Crippen molar-refractivity contribution >= 4 is 41.0 Å². The molecule has 0 amide bonds. The van der Waals surface area contributed by atoms with Gasteiger partial charge in [0.2, 0.25) is 0 Å². The number of hydrogen-bond acceptors (Lipinski definition) is 2. The van der Waals surface area contributed by atoms with Gasteiger partial charge >= 0.3 is 97.8 Å². The Bertz CT molecular complexity index is 310. The summed E-state index contributed by atoms with van der Waals surface area (Å²) in [5, 5.41) is 0. The Morgan fingerprint density at radius 2 is 2.00 bits per heavy atom. The molecule has 0 N–H and O–H groups in total. The van der Waals surface area contributed by atoms with Gasteiger partial charge in [0.1, 0.15) is 0 Å². The maximum atomic E-state index is 11.4. The first kappa shape index (κ1) is 12.0. The topological polar surface area (TPSA) is 26.3 Å². The van der Waals surface area contributed by atoms with Crippen molar-refractivity contribution < 1.29 is 9.53 Å². The number of aryl methyl sites for hydroxylation is 1. The molecule has 0 bridgehead atoms. The van der Waals surface area contributed by atoms with E-state index in [4.69, 9.17) is 16.3 Å². The molecule has 0 unspecified atom stereocenters. The minimum absolute atomic E-state index is 0.0659. The van der Waals surface area contributed by atoms with E-state index in [1.54, 1.807) is 0 Å². The molecule has 1 aromatic carbocycles. The summed E-state index contributed by atoms with van der Waals surface area (Å²) in [4.78, 5) is 11.4. The summed E-state index contributed by atoms with van der Waals surface area (Å²) in [6.07, 6.45) is 0. The van der Waals surface area contributed by atoms with Gasteiger partial charge in [-0.1, -0.05) is 0 Å². The van der Waals surface area contributed by atoms with E-state index in [1.165, 1.54) is 12.7 Å². The SMILES string of the molecule is CO[C](=O)[Tl]([CH2]Cl)[c]1ccc(C)cc1. The molecule has 0 aliphatic rings. The Morgan fingerprint density at radius 1 is 1.43 bits per heavy atom. The number of carbonyl (C=O) groups excluding carboxylic acids is 1. The molecule has 0 atom stereocenters. The molecule has 14 heavy (non-hydrogen) atoms. The monoisotopic (exact) mass is 404 g/mol. The van der Waals surface area contributed by atoms with Gasteiger partial charge in [0.05, 0.1) is 0 Å². The van der Waals surface area contributed by atoms with Crippen LogP contribution in [-0.2, 0) is 4.74 Å². The number of alkyl halides is 1. The average Bonchev–Trinajstić information content (AvgIpc) is 2.21. The molecule has 0 aromatic heterocycles. The Kier molecular flexibility index (Phi) is 4.88. The second kappa shape index (κ2) is 5.70. The van der Waals surface area contributed by atoms with E-state index >= 15 is 0 Å². The fourth-order valence-electron chi connectivity index (χ4n) is 1.23. The van der Waals surface area contributed by atoms with E-state index in [1.807, 2.05) is 31.2 Å². The maximum absolute atomic E-state index is 11.4. The third kappa shape index (κ3) is 2.95. The number of methoxy groups -OCH3 is 1. The normalized spacial score (nSPS) is 9.64. The number of benzene rings is 1. The molecule has 4 heteroatoms. The zero-order valence-electron chi connectivity index (χ0n) is 8.29. The molecule has 0 aliphatic heterocycles. The fourth-order valence-corrected chi connectivity index (χ4v) is 9.80. The summed E-state index contributed by atoms with van der Waals surface area (Å²) < 4.78 is 6.29. The van der Waals surface area contributed by atoms with E-state index in [-0.39, 0.29) is 3.53 Å². The van der Waals surface area contributed by atoms with Gasteiger partial charge in [-0.2, -0.15) is 0 Å². The van der Waals surface area contributed by atoms with E-state index in [2.05, 4.69) is 0 Å². The van der Waals surface area contributed by atoms with Crippen LogP contribution in [0.1, 0.15) is 5.56 Å². The Labute approximate surface area is 97.3 Å². The first-order valence-electron chi connectivity index (χ1n) is 4.39. The standard InChI is InChI=1S/C7H7.C2H3O2.CH2Cl.Tl/c1-7-5-3-2-4-6-7;1-4-2-3;1-2;/h3-6H,1H3;1H3;1H2;. The van der Waals surface area contributed by atoms with Gasteiger partial charge < -0.3 is 0 Å². The van der Waals surface area contributed by atoms with E-state index < -0.39 is 22.7 Å². The predicted octanol–water partition coefficient (Wildman–Crippen LogP) is 1.82. The van der Waals surface area contributed by atoms with Gasteiger partial charge in [-0.3, -0.25) is 0 Å². The van der Waals surface area contributed by atoms with Gasteiger partial charge in [-0.15, -0.1) is 0 Å². The van der Waals surface area contributed by atoms with Crippen LogP contribution in [0.4, 0.5) is 4.79 Å². The second-order valence-electron chi connectivity index (χ2n) is 3.14. The van der Waals surface area contributed by atoms with Crippen molar-refractivity contribution in [3.05, 3.63) is 29.8 Å². The molecule has 0 heterocycles. The molecule has 0 fully saturated rings. The van der Waals surface area contributed by atoms with E-state index in [0.717, 1.165) is 3.12 Å². The van der Waals surface area contributed by atoms with E-state index in [9.17, 15) is 4.79 Å². The number of carbonyl (C=O) groups is 1. The van der Waals surface area contributed by atoms with Crippen LogP contribution in [0.25, 0.3) is 0 Å². The summed E-state index contributed by atoms with van der Waals surface area (Å²) in [6.45, 7) is 2.02.